The molecule has 2 aromatic carbocycles. The van der Waals surface area contributed by atoms with Crippen molar-refractivity contribution in [2.45, 2.75) is 32.6 Å². The molecule has 8 heteroatoms. The molecule has 0 atom stereocenters. The first-order chi connectivity index (χ1) is 16.0. The summed E-state index contributed by atoms with van der Waals surface area (Å²) in [5.74, 6) is 0.119. The van der Waals surface area contributed by atoms with Gasteiger partial charge in [0.25, 0.3) is 0 Å². The van der Waals surface area contributed by atoms with E-state index in [0.717, 1.165) is 25.2 Å². The normalized spacial score (nSPS) is 13.9. The Labute approximate surface area is 192 Å². The standard InChI is InChI=1S/C25H28F2N4O2/c1-18-23(12-13-24(32)28-14-17-30-15-2-3-16-30)25(33-22-10-6-20(27)7-11-22)31(29-18)21-8-4-19(26)5-9-21/h4-11H,2-3,12-17H2,1H3,(H,28,32). The predicted molar refractivity (Wildman–Crippen MR) is 122 cm³/mol. The molecule has 2 heterocycles. The second-order valence-corrected chi connectivity index (χ2v) is 8.21. The third-order valence-electron chi connectivity index (χ3n) is 5.79. The van der Waals surface area contributed by atoms with Crippen LogP contribution in [-0.2, 0) is 11.2 Å². The molecular weight excluding hydrogens is 426 g/mol. The second-order valence-electron chi connectivity index (χ2n) is 8.21. The summed E-state index contributed by atoms with van der Waals surface area (Å²) in [5.41, 5.74) is 2.11. The molecule has 1 saturated heterocycles. The SMILES string of the molecule is Cc1nn(-c2ccc(F)cc2)c(Oc2ccc(F)cc2)c1CCC(=O)NCCN1CCCC1. The molecule has 1 aliphatic rings. The minimum absolute atomic E-state index is 0.0316. The lowest BCUT2D eigenvalue weighted by Crippen LogP contribution is -2.33. The molecule has 0 saturated carbocycles. The van der Waals surface area contributed by atoms with Gasteiger partial charge < -0.3 is 15.0 Å². The third-order valence-corrected chi connectivity index (χ3v) is 5.79. The highest BCUT2D eigenvalue weighted by atomic mass is 19.1. The largest absolute Gasteiger partial charge is 0.439 e. The first-order valence-corrected chi connectivity index (χ1v) is 11.3. The van der Waals surface area contributed by atoms with Crippen LogP contribution in [0.5, 0.6) is 11.6 Å². The smallest absolute Gasteiger partial charge is 0.226 e. The molecule has 3 aromatic rings. The number of rotatable bonds is 9. The van der Waals surface area contributed by atoms with Crippen LogP contribution in [0.1, 0.15) is 30.5 Å². The molecule has 1 aliphatic heterocycles. The summed E-state index contributed by atoms with van der Waals surface area (Å²) in [6, 6.07) is 11.6. The molecule has 0 bridgehead atoms. The summed E-state index contributed by atoms with van der Waals surface area (Å²) < 4.78 is 34.4. The highest BCUT2D eigenvalue weighted by Gasteiger charge is 2.20. The average Bonchev–Trinajstić information content (AvgIpc) is 3.42. The maximum absolute atomic E-state index is 13.4. The number of benzene rings is 2. The van der Waals surface area contributed by atoms with E-state index in [0.29, 0.717) is 36.0 Å². The van der Waals surface area contributed by atoms with E-state index in [1.54, 1.807) is 16.8 Å². The van der Waals surface area contributed by atoms with Gasteiger partial charge in [-0.3, -0.25) is 4.79 Å². The van der Waals surface area contributed by atoms with Crippen LogP contribution in [0.3, 0.4) is 0 Å². The molecule has 0 radical (unpaired) electrons. The Balaban J connectivity index is 1.49. The topological polar surface area (TPSA) is 59.4 Å². The Hall–Kier alpha value is -3.26. The summed E-state index contributed by atoms with van der Waals surface area (Å²) in [4.78, 5) is 14.8. The first kappa shape index (κ1) is 22.9. The Morgan fingerprint density at radius 3 is 2.33 bits per heavy atom. The quantitative estimate of drug-likeness (QED) is 0.521. The lowest BCUT2D eigenvalue weighted by atomic mass is 10.1. The molecule has 4 rings (SSSR count). The fourth-order valence-electron chi connectivity index (χ4n) is 3.99. The number of likely N-dealkylation sites (tertiary alicyclic amines) is 1. The van der Waals surface area contributed by atoms with Crippen molar-refractivity contribution in [1.29, 1.82) is 0 Å². The lowest BCUT2D eigenvalue weighted by molar-refractivity contribution is -0.121. The van der Waals surface area contributed by atoms with Crippen LogP contribution >= 0.6 is 0 Å². The molecule has 0 spiro atoms. The first-order valence-electron chi connectivity index (χ1n) is 11.3. The second kappa shape index (κ2) is 10.6. The highest BCUT2D eigenvalue weighted by molar-refractivity contribution is 5.76. The van der Waals surface area contributed by atoms with Crippen LogP contribution in [0.2, 0.25) is 0 Å². The van der Waals surface area contributed by atoms with Crippen LogP contribution in [-0.4, -0.2) is 46.8 Å². The number of hydrogen-bond donors (Lipinski definition) is 1. The number of aromatic nitrogens is 2. The van der Waals surface area contributed by atoms with Gasteiger partial charge in [0.15, 0.2) is 0 Å². The zero-order valence-electron chi connectivity index (χ0n) is 18.7. The summed E-state index contributed by atoms with van der Waals surface area (Å²) in [6.07, 6.45) is 3.17. The van der Waals surface area contributed by atoms with Crippen LogP contribution in [0, 0.1) is 18.6 Å². The van der Waals surface area contributed by atoms with E-state index in [1.165, 1.54) is 49.2 Å². The Bertz CT molecular complexity index is 1080. The third kappa shape index (κ3) is 5.96. The number of carbonyl (C=O) groups excluding carboxylic acids is 1. The summed E-state index contributed by atoms with van der Waals surface area (Å²) in [7, 11) is 0. The van der Waals surface area contributed by atoms with Crippen LogP contribution in [0.4, 0.5) is 8.78 Å². The summed E-state index contributed by atoms with van der Waals surface area (Å²) in [5, 5.41) is 7.56. The van der Waals surface area contributed by atoms with Gasteiger partial charge in [0, 0.05) is 25.1 Å². The minimum atomic E-state index is -0.364. The fraction of sp³-hybridized carbons (Fsp3) is 0.360. The van der Waals surface area contributed by atoms with Crippen molar-refractivity contribution in [3.63, 3.8) is 0 Å². The maximum Gasteiger partial charge on any atom is 0.226 e. The van der Waals surface area contributed by atoms with Crippen molar-refractivity contribution in [3.8, 4) is 17.3 Å². The molecule has 33 heavy (non-hydrogen) atoms. The van der Waals surface area contributed by atoms with Gasteiger partial charge in [-0.25, -0.2) is 13.5 Å². The average molecular weight is 455 g/mol. The molecule has 1 fully saturated rings. The zero-order chi connectivity index (χ0) is 23.2. The molecule has 0 unspecified atom stereocenters. The van der Waals surface area contributed by atoms with E-state index in [4.69, 9.17) is 4.74 Å². The summed E-state index contributed by atoms with van der Waals surface area (Å²) >= 11 is 0. The molecule has 1 N–H and O–H groups in total. The minimum Gasteiger partial charge on any atom is -0.439 e. The van der Waals surface area contributed by atoms with Gasteiger partial charge in [-0.05, 0) is 87.8 Å². The molecular formula is C25H28F2N4O2. The van der Waals surface area contributed by atoms with Crippen LogP contribution < -0.4 is 10.1 Å². The van der Waals surface area contributed by atoms with E-state index in [2.05, 4.69) is 15.3 Å². The van der Waals surface area contributed by atoms with Crippen molar-refractivity contribution in [2.24, 2.45) is 0 Å². The fourth-order valence-corrected chi connectivity index (χ4v) is 3.99. The Morgan fingerprint density at radius 2 is 1.67 bits per heavy atom. The molecule has 174 valence electrons. The van der Waals surface area contributed by atoms with Gasteiger partial charge in [0.2, 0.25) is 11.8 Å². The van der Waals surface area contributed by atoms with Crippen molar-refractivity contribution < 1.29 is 18.3 Å². The van der Waals surface area contributed by atoms with Gasteiger partial charge in [0.05, 0.1) is 11.4 Å². The highest BCUT2D eigenvalue weighted by Crippen LogP contribution is 2.31. The monoisotopic (exact) mass is 454 g/mol. The maximum atomic E-state index is 13.4. The Morgan fingerprint density at radius 1 is 1.03 bits per heavy atom. The molecule has 1 amide bonds. The van der Waals surface area contributed by atoms with Crippen molar-refractivity contribution in [3.05, 3.63) is 71.4 Å². The Kier molecular flexibility index (Phi) is 7.34. The summed E-state index contributed by atoms with van der Waals surface area (Å²) in [6.45, 7) is 5.54. The van der Waals surface area contributed by atoms with E-state index in [1.807, 2.05) is 6.92 Å². The van der Waals surface area contributed by atoms with Gasteiger partial charge in [0.1, 0.15) is 17.4 Å². The number of carbonyl (C=O) groups is 1. The van der Waals surface area contributed by atoms with E-state index < -0.39 is 0 Å². The molecule has 1 aromatic heterocycles. The zero-order valence-corrected chi connectivity index (χ0v) is 18.7. The predicted octanol–water partition coefficient (Wildman–Crippen LogP) is 4.40. The van der Waals surface area contributed by atoms with Gasteiger partial charge in [-0.1, -0.05) is 0 Å². The van der Waals surface area contributed by atoms with Gasteiger partial charge >= 0.3 is 0 Å². The number of ether oxygens (including phenoxy) is 1. The number of aryl methyl sites for hydroxylation is 1. The number of hydrogen-bond acceptors (Lipinski definition) is 4. The van der Waals surface area contributed by atoms with E-state index in [-0.39, 0.29) is 24.0 Å². The van der Waals surface area contributed by atoms with Crippen molar-refractivity contribution in [1.82, 2.24) is 20.0 Å². The van der Waals surface area contributed by atoms with Gasteiger partial charge in [-0.15, -0.1) is 0 Å². The number of nitrogens with zero attached hydrogens (tertiary/aromatic N) is 3. The molecule has 0 aliphatic carbocycles. The number of amides is 1. The van der Waals surface area contributed by atoms with Crippen LogP contribution in [0.15, 0.2) is 48.5 Å². The lowest BCUT2D eigenvalue weighted by Gasteiger charge is -2.15. The number of nitrogens with one attached hydrogen (secondary N) is 1. The van der Waals surface area contributed by atoms with E-state index in [9.17, 15) is 13.6 Å². The molecule has 6 nitrogen and oxygen atoms in total. The van der Waals surface area contributed by atoms with E-state index >= 15 is 0 Å². The van der Waals surface area contributed by atoms with Crippen molar-refractivity contribution in [2.75, 3.05) is 26.2 Å². The van der Waals surface area contributed by atoms with Gasteiger partial charge in [-0.2, -0.15) is 5.10 Å². The van der Waals surface area contributed by atoms with Crippen molar-refractivity contribution >= 4 is 5.91 Å². The number of halogens is 2. The van der Waals surface area contributed by atoms with Crippen LogP contribution in [0.25, 0.3) is 5.69 Å².